The predicted molar refractivity (Wildman–Crippen MR) is 74.9 cm³/mol. The molecule has 0 saturated heterocycles. The molecule has 5 nitrogen and oxygen atoms in total. The molecule has 0 fully saturated rings. The van der Waals surface area contributed by atoms with E-state index in [1.807, 2.05) is 6.07 Å². The van der Waals surface area contributed by atoms with E-state index in [1.165, 1.54) is 12.1 Å². The number of halogens is 1. The molecule has 0 bridgehead atoms. The Morgan fingerprint density at radius 2 is 1.95 bits per heavy atom. The topological polar surface area (TPSA) is 74.2 Å². The lowest BCUT2D eigenvalue weighted by Crippen LogP contribution is -1.95. The highest BCUT2D eigenvalue weighted by Crippen LogP contribution is 2.21. The van der Waals surface area contributed by atoms with Gasteiger partial charge in [-0.2, -0.15) is 0 Å². The van der Waals surface area contributed by atoms with Crippen molar-refractivity contribution in [1.29, 1.82) is 0 Å². The van der Waals surface area contributed by atoms with E-state index in [1.54, 1.807) is 30.3 Å². The number of aromatic nitrogens is 2. The molecule has 3 rings (SSSR count). The van der Waals surface area contributed by atoms with Gasteiger partial charge in [-0.3, -0.25) is 0 Å². The molecule has 0 aliphatic heterocycles. The first-order valence-corrected chi connectivity index (χ1v) is 6.27. The molecule has 1 aromatic heterocycles. The summed E-state index contributed by atoms with van der Waals surface area (Å²) in [6, 6.07) is 13.0. The van der Waals surface area contributed by atoms with Gasteiger partial charge in [0.05, 0.1) is 0 Å². The molecule has 0 aliphatic rings. The van der Waals surface area contributed by atoms with Crippen LogP contribution in [-0.4, -0.2) is 10.2 Å². The molecule has 0 atom stereocenters. The van der Waals surface area contributed by atoms with Gasteiger partial charge >= 0.3 is 0 Å². The molecular formula is C15H12FN3O2. The molecule has 0 unspecified atom stereocenters. The molecule has 2 aromatic carbocycles. The minimum Gasteiger partial charge on any atom is -0.484 e. The molecule has 3 aromatic rings. The van der Waals surface area contributed by atoms with E-state index in [2.05, 4.69) is 10.2 Å². The van der Waals surface area contributed by atoms with Crippen LogP contribution >= 0.6 is 0 Å². The highest BCUT2D eigenvalue weighted by molar-refractivity contribution is 5.59. The first-order valence-electron chi connectivity index (χ1n) is 6.27. The van der Waals surface area contributed by atoms with Gasteiger partial charge in [0.25, 0.3) is 5.89 Å². The summed E-state index contributed by atoms with van der Waals surface area (Å²) in [7, 11) is 0. The Labute approximate surface area is 120 Å². The molecule has 1 heterocycles. The second-order valence-corrected chi connectivity index (χ2v) is 4.37. The third-order valence-corrected chi connectivity index (χ3v) is 2.76. The van der Waals surface area contributed by atoms with Crippen LogP contribution < -0.4 is 10.5 Å². The number of hydrogen-bond acceptors (Lipinski definition) is 5. The molecule has 0 amide bonds. The maximum absolute atomic E-state index is 13.0. The molecule has 2 N–H and O–H groups in total. The molecule has 0 aliphatic carbocycles. The van der Waals surface area contributed by atoms with Crippen LogP contribution in [0.2, 0.25) is 0 Å². The summed E-state index contributed by atoms with van der Waals surface area (Å²) in [5, 5.41) is 7.81. The lowest BCUT2D eigenvalue weighted by molar-refractivity contribution is 0.263. The lowest BCUT2D eigenvalue weighted by Gasteiger charge is -2.02. The number of rotatable bonds is 4. The predicted octanol–water partition coefficient (Wildman–Crippen LogP) is 3.04. The van der Waals surface area contributed by atoms with Crippen LogP contribution in [0.4, 0.5) is 10.1 Å². The zero-order valence-electron chi connectivity index (χ0n) is 11.0. The SMILES string of the molecule is Nc1cccc(-c2nnc(COc3cccc(F)c3)o2)c1. The van der Waals surface area contributed by atoms with Crippen LogP contribution in [0.5, 0.6) is 5.75 Å². The molecular weight excluding hydrogens is 273 g/mol. The average molecular weight is 285 g/mol. The van der Waals surface area contributed by atoms with Crippen molar-refractivity contribution >= 4 is 5.69 Å². The Kier molecular flexibility index (Phi) is 3.51. The van der Waals surface area contributed by atoms with Gasteiger partial charge in [0.1, 0.15) is 11.6 Å². The molecule has 0 spiro atoms. The summed E-state index contributed by atoms with van der Waals surface area (Å²) < 4.78 is 23.9. The number of nitrogens with two attached hydrogens (primary N) is 1. The Bertz CT molecular complexity index is 758. The number of ether oxygens (including phenoxy) is 1. The Morgan fingerprint density at radius 3 is 2.76 bits per heavy atom. The fourth-order valence-corrected chi connectivity index (χ4v) is 1.80. The highest BCUT2D eigenvalue weighted by Gasteiger charge is 2.09. The van der Waals surface area contributed by atoms with Crippen molar-refractivity contribution in [2.75, 3.05) is 5.73 Å². The zero-order valence-corrected chi connectivity index (χ0v) is 11.0. The van der Waals surface area contributed by atoms with Crippen molar-refractivity contribution in [1.82, 2.24) is 10.2 Å². The van der Waals surface area contributed by atoms with E-state index in [-0.39, 0.29) is 12.4 Å². The number of hydrogen-bond donors (Lipinski definition) is 1. The third-order valence-electron chi connectivity index (χ3n) is 2.76. The van der Waals surface area contributed by atoms with E-state index in [4.69, 9.17) is 14.9 Å². The Balaban J connectivity index is 1.71. The van der Waals surface area contributed by atoms with Crippen molar-refractivity contribution in [3.63, 3.8) is 0 Å². The van der Waals surface area contributed by atoms with Crippen LogP contribution in [0.3, 0.4) is 0 Å². The first kappa shape index (κ1) is 13.1. The number of benzene rings is 2. The molecule has 0 saturated carbocycles. The summed E-state index contributed by atoms with van der Waals surface area (Å²) in [4.78, 5) is 0. The molecule has 6 heteroatoms. The van der Waals surface area contributed by atoms with E-state index in [9.17, 15) is 4.39 Å². The van der Waals surface area contributed by atoms with Crippen molar-refractivity contribution in [3.05, 3.63) is 60.2 Å². The Hall–Kier alpha value is -2.89. The Morgan fingerprint density at radius 1 is 1.10 bits per heavy atom. The molecule has 0 radical (unpaired) electrons. The average Bonchev–Trinajstić information content (AvgIpc) is 2.94. The van der Waals surface area contributed by atoms with Gasteiger partial charge in [0, 0.05) is 17.3 Å². The maximum Gasteiger partial charge on any atom is 0.254 e. The van der Waals surface area contributed by atoms with E-state index in [0.29, 0.717) is 23.2 Å². The van der Waals surface area contributed by atoms with Gasteiger partial charge in [-0.15, -0.1) is 10.2 Å². The standard InChI is InChI=1S/C15H12FN3O2/c16-11-4-2-6-13(8-11)20-9-14-18-19-15(21-14)10-3-1-5-12(17)7-10/h1-8H,9,17H2. The van der Waals surface area contributed by atoms with Crippen molar-refractivity contribution in [3.8, 4) is 17.2 Å². The van der Waals surface area contributed by atoms with Crippen molar-refractivity contribution < 1.29 is 13.5 Å². The van der Waals surface area contributed by atoms with E-state index >= 15 is 0 Å². The third kappa shape index (κ3) is 3.17. The van der Waals surface area contributed by atoms with Crippen LogP contribution in [0.15, 0.2) is 52.9 Å². The summed E-state index contributed by atoms with van der Waals surface area (Å²) in [6.45, 7) is 0.0682. The second kappa shape index (κ2) is 5.62. The summed E-state index contributed by atoms with van der Waals surface area (Å²) in [5.41, 5.74) is 7.05. The van der Waals surface area contributed by atoms with Crippen LogP contribution in [0.1, 0.15) is 5.89 Å². The first-order chi connectivity index (χ1) is 10.2. The monoisotopic (exact) mass is 285 g/mol. The normalized spacial score (nSPS) is 10.5. The minimum atomic E-state index is -0.363. The van der Waals surface area contributed by atoms with Gasteiger partial charge in [-0.05, 0) is 30.3 Å². The fraction of sp³-hybridized carbons (Fsp3) is 0.0667. The van der Waals surface area contributed by atoms with E-state index < -0.39 is 0 Å². The second-order valence-electron chi connectivity index (χ2n) is 4.37. The maximum atomic E-state index is 13.0. The van der Waals surface area contributed by atoms with E-state index in [0.717, 1.165) is 5.56 Å². The quantitative estimate of drug-likeness (QED) is 0.746. The summed E-state index contributed by atoms with van der Waals surface area (Å²) >= 11 is 0. The lowest BCUT2D eigenvalue weighted by atomic mass is 10.2. The largest absolute Gasteiger partial charge is 0.484 e. The van der Waals surface area contributed by atoms with Gasteiger partial charge in [0.15, 0.2) is 6.61 Å². The van der Waals surface area contributed by atoms with Gasteiger partial charge in [-0.25, -0.2) is 4.39 Å². The zero-order chi connectivity index (χ0) is 14.7. The van der Waals surface area contributed by atoms with Crippen LogP contribution in [0, 0.1) is 5.82 Å². The number of nitrogen functional groups attached to an aromatic ring is 1. The summed E-state index contributed by atoms with van der Waals surface area (Å²) in [6.07, 6.45) is 0. The number of anilines is 1. The van der Waals surface area contributed by atoms with Crippen LogP contribution in [-0.2, 0) is 6.61 Å². The smallest absolute Gasteiger partial charge is 0.254 e. The van der Waals surface area contributed by atoms with Gasteiger partial charge in [-0.1, -0.05) is 12.1 Å². The minimum absolute atomic E-state index is 0.0682. The number of nitrogens with zero attached hydrogens (tertiary/aromatic N) is 2. The fourth-order valence-electron chi connectivity index (χ4n) is 1.80. The van der Waals surface area contributed by atoms with Crippen molar-refractivity contribution in [2.45, 2.75) is 6.61 Å². The van der Waals surface area contributed by atoms with Gasteiger partial charge < -0.3 is 14.9 Å². The van der Waals surface area contributed by atoms with Crippen molar-refractivity contribution in [2.24, 2.45) is 0 Å². The van der Waals surface area contributed by atoms with Crippen LogP contribution in [0.25, 0.3) is 11.5 Å². The van der Waals surface area contributed by atoms with Gasteiger partial charge in [0.2, 0.25) is 5.89 Å². The highest BCUT2D eigenvalue weighted by atomic mass is 19.1. The summed E-state index contributed by atoms with van der Waals surface area (Å²) in [5.74, 6) is 0.703. The molecule has 106 valence electrons. The molecule has 21 heavy (non-hydrogen) atoms.